The molecule has 120 valence electrons. The van der Waals surface area contributed by atoms with Crippen LogP contribution in [0, 0.1) is 0 Å². The molecule has 0 aromatic rings. The fourth-order valence-electron chi connectivity index (χ4n) is 1.97. The molecule has 2 N–H and O–H groups in total. The third-order valence-electron chi connectivity index (χ3n) is 2.84. The lowest BCUT2D eigenvalue weighted by Crippen LogP contribution is -2.47. The first-order chi connectivity index (χ1) is 9.01. The molecule has 1 aliphatic heterocycles. The van der Waals surface area contributed by atoms with Gasteiger partial charge < -0.3 is 15.4 Å². The number of aliphatic imine (C=N–C) groups is 1. The molecule has 1 aliphatic rings. The van der Waals surface area contributed by atoms with Gasteiger partial charge in [0.25, 0.3) is 0 Å². The van der Waals surface area contributed by atoms with Crippen LogP contribution in [0.4, 0.5) is 0 Å². The molecule has 1 rings (SSSR count). The van der Waals surface area contributed by atoms with Crippen molar-refractivity contribution < 1.29 is 4.74 Å². The fraction of sp³-hybridized carbons (Fsp3) is 0.929. The molecule has 0 aromatic carbocycles. The van der Waals surface area contributed by atoms with Crippen LogP contribution in [0.3, 0.4) is 0 Å². The van der Waals surface area contributed by atoms with E-state index in [1.165, 1.54) is 0 Å². The standard InChI is InChI=1S/C14H30N4O.HI/c1-5-15-13(17-14(2,3)4)16-7-6-8-18-9-11-19-12-10-18;/h5-12H2,1-4H3,(H2,15,16,17);1H. The summed E-state index contributed by atoms with van der Waals surface area (Å²) in [7, 11) is 0. The first-order valence-electron chi connectivity index (χ1n) is 7.38. The molecule has 6 heteroatoms. The van der Waals surface area contributed by atoms with Crippen LogP contribution in [-0.4, -0.2) is 62.3 Å². The SMILES string of the molecule is CCNC(=NCCCN1CCOCC1)NC(C)(C)C.I. The van der Waals surface area contributed by atoms with Crippen LogP contribution in [0.15, 0.2) is 4.99 Å². The minimum Gasteiger partial charge on any atom is -0.379 e. The molecule has 0 unspecified atom stereocenters. The van der Waals surface area contributed by atoms with Crippen molar-refractivity contribution in [3.63, 3.8) is 0 Å². The lowest BCUT2D eigenvalue weighted by molar-refractivity contribution is 0.0377. The van der Waals surface area contributed by atoms with E-state index in [-0.39, 0.29) is 29.5 Å². The Hall–Kier alpha value is -0.0800. The summed E-state index contributed by atoms with van der Waals surface area (Å²) in [5.41, 5.74) is 0.0468. The van der Waals surface area contributed by atoms with E-state index in [1.807, 2.05) is 0 Å². The highest BCUT2D eigenvalue weighted by Crippen LogP contribution is 2.00. The highest BCUT2D eigenvalue weighted by Gasteiger charge is 2.12. The Labute approximate surface area is 140 Å². The topological polar surface area (TPSA) is 48.9 Å². The van der Waals surface area contributed by atoms with E-state index in [2.05, 4.69) is 48.2 Å². The Balaban J connectivity index is 0.00000361. The van der Waals surface area contributed by atoms with Crippen molar-refractivity contribution in [3.8, 4) is 0 Å². The van der Waals surface area contributed by atoms with Gasteiger partial charge in [-0.05, 0) is 34.1 Å². The van der Waals surface area contributed by atoms with Crippen molar-refractivity contribution in [2.24, 2.45) is 4.99 Å². The number of nitrogens with one attached hydrogen (secondary N) is 2. The summed E-state index contributed by atoms with van der Waals surface area (Å²) in [6, 6.07) is 0. The first-order valence-corrected chi connectivity index (χ1v) is 7.38. The monoisotopic (exact) mass is 398 g/mol. The maximum Gasteiger partial charge on any atom is 0.191 e. The minimum absolute atomic E-state index is 0. The predicted octanol–water partition coefficient (Wildman–Crippen LogP) is 1.68. The van der Waals surface area contributed by atoms with E-state index < -0.39 is 0 Å². The molecule has 1 fully saturated rings. The van der Waals surface area contributed by atoms with Gasteiger partial charge in [0.05, 0.1) is 13.2 Å². The van der Waals surface area contributed by atoms with Gasteiger partial charge in [0.1, 0.15) is 0 Å². The van der Waals surface area contributed by atoms with Gasteiger partial charge in [-0.3, -0.25) is 9.89 Å². The molecule has 0 saturated carbocycles. The van der Waals surface area contributed by atoms with E-state index in [4.69, 9.17) is 4.74 Å². The third-order valence-corrected chi connectivity index (χ3v) is 2.84. The maximum atomic E-state index is 5.34. The highest BCUT2D eigenvalue weighted by atomic mass is 127. The van der Waals surface area contributed by atoms with Gasteiger partial charge in [0, 0.05) is 38.3 Å². The number of hydrogen-bond donors (Lipinski definition) is 2. The molecule has 0 bridgehead atoms. The second kappa shape index (κ2) is 10.6. The van der Waals surface area contributed by atoms with Crippen LogP contribution in [0.2, 0.25) is 0 Å². The van der Waals surface area contributed by atoms with E-state index in [0.717, 1.165) is 58.3 Å². The number of rotatable bonds is 5. The van der Waals surface area contributed by atoms with Gasteiger partial charge in [-0.15, -0.1) is 24.0 Å². The molecule has 1 saturated heterocycles. The van der Waals surface area contributed by atoms with Crippen LogP contribution >= 0.6 is 24.0 Å². The van der Waals surface area contributed by atoms with Crippen LogP contribution in [0.1, 0.15) is 34.1 Å². The fourth-order valence-corrected chi connectivity index (χ4v) is 1.97. The maximum absolute atomic E-state index is 5.34. The van der Waals surface area contributed by atoms with Crippen molar-refractivity contribution >= 4 is 29.9 Å². The van der Waals surface area contributed by atoms with Crippen molar-refractivity contribution in [2.45, 2.75) is 39.7 Å². The number of hydrogen-bond acceptors (Lipinski definition) is 3. The molecule has 0 amide bonds. The number of morpholine rings is 1. The number of halogens is 1. The molecule has 1 heterocycles. The lowest BCUT2D eigenvalue weighted by atomic mass is 10.1. The summed E-state index contributed by atoms with van der Waals surface area (Å²) >= 11 is 0. The zero-order valence-electron chi connectivity index (χ0n) is 13.4. The van der Waals surface area contributed by atoms with Crippen LogP contribution in [0.5, 0.6) is 0 Å². The predicted molar refractivity (Wildman–Crippen MR) is 96.2 cm³/mol. The summed E-state index contributed by atoms with van der Waals surface area (Å²) in [6.07, 6.45) is 1.10. The van der Waals surface area contributed by atoms with Crippen molar-refractivity contribution in [1.29, 1.82) is 0 Å². The average molecular weight is 398 g/mol. The van der Waals surface area contributed by atoms with Crippen molar-refractivity contribution in [1.82, 2.24) is 15.5 Å². The molecule has 0 spiro atoms. The molecule has 0 aliphatic carbocycles. The number of ether oxygens (including phenoxy) is 1. The van der Waals surface area contributed by atoms with Crippen LogP contribution in [-0.2, 0) is 4.74 Å². The Morgan fingerprint density at radius 2 is 1.90 bits per heavy atom. The number of nitrogens with zero attached hydrogens (tertiary/aromatic N) is 2. The van der Waals surface area contributed by atoms with E-state index in [1.54, 1.807) is 0 Å². The molecule has 0 radical (unpaired) electrons. The molecule has 0 aromatic heterocycles. The Bertz CT molecular complexity index is 273. The van der Waals surface area contributed by atoms with Crippen molar-refractivity contribution in [3.05, 3.63) is 0 Å². The van der Waals surface area contributed by atoms with Gasteiger partial charge in [0.15, 0.2) is 5.96 Å². The first kappa shape index (κ1) is 19.9. The van der Waals surface area contributed by atoms with Crippen molar-refractivity contribution in [2.75, 3.05) is 45.9 Å². The summed E-state index contributed by atoms with van der Waals surface area (Å²) in [6.45, 7) is 15.3. The van der Waals surface area contributed by atoms with Crippen LogP contribution in [0.25, 0.3) is 0 Å². The summed E-state index contributed by atoms with van der Waals surface area (Å²) < 4.78 is 5.34. The molecular weight excluding hydrogens is 367 g/mol. The molecule has 0 atom stereocenters. The Morgan fingerprint density at radius 3 is 2.45 bits per heavy atom. The van der Waals surface area contributed by atoms with Gasteiger partial charge in [-0.2, -0.15) is 0 Å². The quantitative estimate of drug-likeness (QED) is 0.320. The Morgan fingerprint density at radius 1 is 1.25 bits per heavy atom. The van der Waals surface area contributed by atoms with Crippen LogP contribution < -0.4 is 10.6 Å². The van der Waals surface area contributed by atoms with E-state index in [0.29, 0.717) is 0 Å². The van der Waals surface area contributed by atoms with E-state index >= 15 is 0 Å². The van der Waals surface area contributed by atoms with Gasteiger partial charge in [-0.1, -0.05) is 0 Å². The van der Waals surface area contributed by atoms with Gasteiger partial charge in [0.2, 0.25) is 0 Å². The zero-order chi connectivity index (χ0) is 14.1. The largest absolute Gasteiger partial charge is 0.379 e. The highest BCUT2D eigenvalue weighted by molar-refractivity contribution is 14.0. The van der Waals surface area contributed by atoms with Gasteiger partial charge >= 0.3 is 0 Å². The third kappa shape index (κ3) is 9.77. The molecule has 5 nitrogen and oxygen atoms in total. The zero-order valence-corrected chi connectivity index (χ0v) is 15.7. The Kier molecular flexibility index (Phi) is 10.6. The normalized spacial score (nSPS) is 17.5. The molecule has 20 heavy (non-hydrogen) atoms. The minimum atomic E-state index is 0. The van der Waals surface area contributed by atoms with E-state index in [9.17, 15) is 0 Å². The molecular formula is C14H31IN4O. The average Bonchev–Trinajstić information content (AvgIpc) is 2.34. The summed E-state index contributed by atoms with van der Waals surface area (Å²) in [5, 5.41) is 6.68. The van der Waals surface area contributed by atoms with Gasteiger partial charge in [-0.25, -0.2) is 0 Å². The smallest absolute Gasteiger partial charge is 0.191 e. The summed E-state index contributed by atoms with van der Waals surface area (Å²) in [5.74, 6) is 0.914. The number of guanidine groups is 1. The summed E-state index contributed by atoms with van der Waals surface area (Å²) in [4.78, 5) is 7.07. The second-order valence-corrected chi connectivity index (χ2v) is 5.94. The lowest BCUT2D eigenvalue weighted by Gasteiger charge is -2.26. The second-order valence-electron chi connectivity index (χ2n) is 5.94.